The molecule has 2 N–H and O–H groups in total. The fourth-order valence-electron chi connectivity index (χ4n) is 1.11. The molecule has 6 nitrogen and oxygen atoms in total. The normalized spacial score (nSPS) is 9.94. The summed E-state index contributed by atoms with van der Waals surface area (Å²) >= 11 is 0. The quantitative estimate of drug-likeness (QED) is 0.547. The van der Waals surface area contributed by atoms with Crippen LogP contribution < -0.4 is 5.32 Å². The Morgan fingerprint density at radius 3 is 2.88 bits per heavy atom. The Balaban J connectivity index is 2.41. The van der Waals surface area contributed by atoms with E-state index in [0.29, 0.717) is 19.8 Å². The summed E-state index contributed by atoms with van der Waals surface area (Å²) in [6.45, 7) is 6.98. The van der Waals surface area contributed by atoms with Gasteiger partial charge in [-0.25, -0.2) is 14.8 Å². The lowest BCUT2D eigenvalue weighted by molar-refractivity contribution is 0.0691. The second kappa shape index (κ2) is 6.59. The minimum absolute atomic E-state index is 0.0904. The van der Waals surface area contributed by atoms with Gasteiger partial charge in [-0.1, -0.05) is 12.2 Å². The number of aromatic carboxylic acids is 1. The van der Waals surface area contributed by atoms with E-state index in [-0.39, 0.29) is 11.5 Å². The molecular formula is C11H15N3O3. The number of ether oxygens (including phenoxy) is 1. The summed E-state index contributed by atoms with van der Waals surface area (Å²) < 4.78 is 5.26. The van der Waals surface area contributed by atoms with Gasteiger partial charge in [-0.3, -0.25) is 0 Å². The van der Waals surface area contributed by atoms with Crippen LogP contribution in [0.2, 0.25) is 0 Å². The number of anilines is 1. The number of carbonyl (C=O) groups is 1. The van der Waals surface area contributed by atoms with E-state index in [1.54, 1.807) is 0 Å². The van der Waals surface area contributed by atoms with Crippen molar-refractivity contribution < 1.29 is 14.6 Å². The molecule has 0 amide bonds. The van der Waals surface area contributed by atoms with Crippen LogP contribution in [0.4, 0.5) is 5.82 Å². The summed E-state index contributed by atoms with van der Waals surface area (Å²) in [4.78, 5) is 18.4. The van der Waals surface area contributed by atoms with Crippen LogP contribution in [0.3, 0.4) is 0 Å². The molecule has 0 bridgehead atoms. The van der Waals surface area contributed by atoms with Crippen LogP contribution in [0.15, 0.2) is 24.5 Å². The van der Waals surface area contributed by atoms with Crippen molar-refractivity contribution in [1.29, 1.82) is 0 Å². The lowest BCUT2D eigenvalue weighted by atomic mass is 10.4. The molecule has 0 aliphatic rings. The molecule has 0 saturated carbocycles. The molecule has 1 heterocycles. The number of carboxylic acids is 1. The Hall–Kier alpha value is -1.95. The molecule has 6 heteroatoms. The minimum Gasteiger partial charge on any atom is -0.476 e. The van der Waals surface area contributed by atoms with Crippen molar-refractivity contribution in [3.05, 3.63) is 30.2 Å². The molecule has 0 aliphatic heterocycles. The second-order valence-electron chi connectivity index (χ2n) is 3.50. The molecule has 1 rings (SSSR count). The molecule has 0 spiro atoms. The van der Waals surface area contributed by atoms with Crippen LogP contribution in [-0.4, -0.2) is 40.8 Å². The van der Waals surface area contributed by atoms with Gasteiger partial charge in [0.05, 0.1) is 13.2 Å². The zero-order valence-electron chi connectivity index (χ0n) is 9.64. The Labute approximate surface area is 99.4 Å². The maximum atomic E-state index is 10.8. The molecular weight excluding hydrogens is 222 g/mol. The summed E-state index contributed by atoms with van der Waals surface area (Å²) in [5.41, 5.74) is 0.850. The average Bonchev–Trinajstić information content (AvgIpc) is 2.28. The largest absolute Gasteiger partial charge is 0.476 e. The number of rotatable bonds is 7. The first kappa shape index (κ1) is 13.1. The Bertz CT molecular complexity index is 407. The van der Waals surface area contributed by atoms with E-state index >= 15 is 0 Å². The van der Waals surface area contributed by atoms with Crippen molar-refractivity contribution in [2.24, 2.45) is 0 Å². The van der Waals surface area contributed by atoms with E-state index in [0.717, 1.165) is 5.57 Å². The van der Waals surface area contributed by atoms with Gasteiger partial charge in [0, 0.05) is 18.9 Å². The molecule has 0 radical (unpaired) electrons. The van der Waals surface area contributed by atoms with Crippen LogP contribution in [-0.2, 0) is 4.74 Å². The molecule has 0 aromatic carbocycles. The van der Waals surface area contributed by atoms with Crippen molar-refractivity contribution >= 4 is 11.8 Å². The van der Waals surface area contributed by atoms with Gasteiger partial charge in [0.2, 0.25) is 0 Å². The minimum atomic E-state index is -1.11. The highest BCUT2D eigenvalue weighted by Crippen LogP contribution is 2.07. The smallest absolute Gasteiger partial charge is 0.358 e. The highest BCUT2D eigenvalue weighted by Gasteiger charge is 2.11. The first-order valence-electron chi connectivity index (χ1n) is 5.11. The number of hydrogen-bond acceptors (Lipinski definition) is 5. The van der Waals surface area contributed by atoms with E-state index in [1.165, 1.54) is 12.4 Å². The van der Waals surface area contributed by atoms with Crippen LogP contribution in [0, 0.1) is 0 Å². The Kier molecular flexibility index (Phi) is 5.09. The molecule has 0 fully saturated rings. The number of carboxylic acid groups (broad SMARTS) is 1. The number of hydrogen-bond donors (Lipinski definition) is 2. The third kappa shape index (κ3) is 4.60. The fraction of sp³-hybridized carbons (Fsp3) is 0.364. The Morgan fingerprint density at radius 1 is 1.53 bits per heavy atom. The molecule has 0 atom stereocenters. The molecule has 0 saturated heterocycles. The Morgan fingerprint density at radius 2 is 2.24 bits per heavy atom. The molecule has 17 heavy (non-hydrogen) atoms. The summed E-state index contributed by atoms with van der Waals surface area (Å²) in [6.07, 6.45) is 2.77. The first-order valence-corrected chi connectivity index (χ1v) is 5.11. The van der Waals surface area contributed by atoms with Crippen LogP contribution >= 0.6 is 0 Å². The van der Waals surface area contributed by atoms with Crippen molar-refractivity contribution in [2.45, 2.75) is 6.92 Å². The van der Waals surface area contributed by atoms with Crippen molar-refractivity contribution in [3.8, 4) is 0 Å². The van der Waals surface area contributed by atoms with E-state index in [2.05, 4.69) is 21.9 Å². The van der Waals surface area contributed by atoms with E-state index in [1.807, 2.05) is 6.92 Å². The predicted molar refractivity (Wildman–Crippen MR) is 63.1 cm³/mol. The van der Waals surface area contributed by atoms with Crippen molar-refractivity contribution in [2.75, 3.05) is 25.1 Å². The van der Waals surface area contributed by atoms with Crippen molar-refractivity contribution in [3.63, 3.8) is 0 Å². The van der Waals surface area contributed by atoms with Gasteiger partial charge in [-0.2, -0.15) is 0 Å². The highest BCUT2D eigenvalue weighted by atomic mass is 16.5. The predicted octanol–water partition coefficient (Wildman–Crippen LogP) is 1.18. The highest BCUT2D eigenvalue weighted by molar-refractivity contribution is 5.90. The standard InChI is InChI=1S/C11H15N3O3/c1-8(2)7-17-6-5-14-10-9(11(15)16)12-3-4-13-10/h3-4H,1,5-7H2,2H3,(H,13,14)(H,15,16). The van der Waals surface area contributed by atoms with Gasteiger partial charge in [-0.05, 0) is 6.92 Å². The summed E-state index contributed by atoms with van der Waals surface area (Å²) in [7, 11) is 0. The molecule has 0 aliphatic carbocycles. The maximum Gasteiger partial charge on any atom is 0.358 e. The van der Waals surface area contributed by atoms with Gasteiger partial charge in [-0.15, -0.1) is 0 Å². The first-order chi connectivity index (χ1) is 8.11. The SMILES string of the molecule is C=C(C)COCCNc1nccnc1C(=O)O. The lowest BCUT2D eigenvalue weighted by Gasteiger charge is -2.07. The molecule has 1 aromatic rings. The lowest BCUT2D eigenvalue weighted by Crippen LogP contribution is -2.15. The van der Waals surface area contributed by atoms with Crippen LogP contribution in [0.1, 0.15) is 17.4 Å². The van der Waals surface area contributed by atoms with Crippen LogP contribution in [0.5, 0.6) is 0 Å². The maximum absolute atomic E-state index is 10.8. The summed E-state index contributed by atoms with van der Waals surface area (Å²) in [5, 5.41) is 11.7. The number of nitrogens with one attached hydrogen (secondary N) is 1. The zero-order chi connectivity index (χ0) is 12.7. The van der Waals surface area contributed by atoms with E-state index in [9.17, 15) is 4.79 Å². The average molecular weight is 237 g/mol. The van der Waals surface area contributed by atoms with Gasteiger partial charge < -0.3 is 15.2 Å². The van der Waals surface area contributed by atoms with Crippen LogP contribution in [0.25, 0.3) is 0 Å². The van der Waals surface area contributed by atoms with Gasteiger partial charge in [0.1, 0.15) is 0 Å². The van der Waals surface area contributed by atoms with Crippen molar-refractivity contribution in [1.82, 2.24) is 9.97 Å². The van der Waals surface area contributed by atoms with Gasteiger partial charge in [0.15, 0.2) is 11.5 Å². The second-order valence-corrected chi connectivity index (χ2v) is 3.50. The number of nitrogens with zero attached hydrogens (tertiary/aromatic N) is 2. The third-order valence-corrected chi connectivity index (χ3v) is 1.79. The topological polar surface area (TPSA) is 84.3 Å². The van der Waals surface area contributed by atoms with Gasteiger partial charge >= 0.3 is 5.97 Å². The van der Waals surface area contributed by atoms with Gasteiger partial charge in [0.25, 0.3) is 0 Å². The monoisotopic (exact) mass is 237 g/mol. The molecule has 1 aromatic heterocycles. The molecule has 92 valence electrons. The fourth-order valence-corrected chi connectivity index (χ4v) is 1.11. The van der Waals surface area contributed by atoms with E-state index in [4.69, 9.17) is 9.84 Å². The summed E-state index contributed by atoms with van der Waals surface area (Å²) in [5.74, 6) is -0.859. The number of aromatic nitrogens is 2. The molecule has 0 unspecified atom stereocenters. The van der Waals surface area contributed by atoms with E-state index < -0.39 is 5.97 Å². The third-order valence-electron chi connectivity index (χ3n) is 1.79. The zero-order valence-corrected chi connectivity index (χ0v) is 9.64. The summed E-state index contributed by atoms with van der Waals surface area (Å²) in [6, 6.07) is 0.